The fourth-order valence-electron chi connectivity index (χ4n) is 1.78. The van der Waals surface area contributed by atoms with Gasteiger partial charge in [0.25, 0.3) is 0 Å². The summed E-state index contributed by atoms with van der Waals surface area (Å²) in [6.07, 6.45) is 4.32. The fourth-order valence-corrected chi connectivity index (χ4v) is 1.78. The summed E-state index contributed by atoms with van der Waals surface area (Å²) in [5, 5.41) is 2.81. The van der Waals surface area contributed by atoms with Crippen LogP contribution in [0.5, 0.6) is 0 Å². The predicted octanol–water partition coefficient (Wildman–Crippen LogP) is 3.06. The summed E-state index contributed by atoms with van der Waals surface area (Å²) >= 11 is 0. The molecule has 1 amide bonds. The van der Waals surface area contributed by atoms with Gasteiger partial charge < -0.3 is 10.2 Å². The highest BCUT2D eigenvalue weighted by atomic mass is 16.1. The first-order valence-corrected chi connectivity index (χ1v) is 6.72. The standard InChI is InChI=1S/C14H23N3O/c1-4-7-8-14(18)16-13-10-9-12(11-15-13)17(5-2)6-3/h9-11H,4-8H2,1-3H3,(H,15,16,18). The molecular formula is C14H23N3O. The molecule has 0 atom stereocenters. The van der Waals surface area contributed by atoms with Gasteiger partial charge in [0.1, 0.15) is 5.82 Å². The quantitative estimate of drug-likeness (QED) is 0.807. The lowest BCUT2D eigenvalue weighted by Crippen LogP contribution is -2.22. The van der Waals surface area contributed by atoms with E-state index in [2.05, 4.69) is 36.0 Å². The Morgan fingerprint density at radius 3 is 2.50 bits per heavy atom. The van der Waals surface area contributed by atoms with Gasteiger partial charge in [-0.3, -0.25) is 4.79 Å². The highest BCUT2D eigenvalue weighted by Crippen LogP contribution is 2.14. The highest BCUT2D eigenvalue weighted by Gasteiger charge is 2.05. The summed E-state index contributed by atoms with van der Waals surface area (Å²) in [6.45, 7) is 8.22. The number of hydrogen-bond acceptors (Lipinski definition) is 3. The van der Waals surface area contributed by atoms with E-state index in [0.29, 0.717) is 12.2 Å². The average molecular weight is 249 g/mol. The maximum absolute atomic E-state index is 11.5. The molecule has 18 heavy (non-hydrogen) atoms. The molecule has 1 heterocycles. The van der Waals surface area contributed by atoms with Crippen LogP contribution < -0.4 is 10.2 Å². The van der Waals surface area contributed by atoms with E-state index in [1.807, 2.05) is 18.3 Å². The van der Waals surface area contributed by atoms with Gasteiger partial charge in [-0.15, -0.1) is 0 Å². The van der Waals surface area contributed by atoms with E-state index in [1.165, 1.54) is 0 Å². The second kappa shape index (κ2) is 7.69. The van der Waals surface area contributed by atoms with Crippen molar-refractivity contribution < 1.29 is 4.79 Å². The molecule has 0 aliphatic carbocycles. The number of pyridine rings is 1. The lowest BCUT2D eigenvalue weighted by Gasteiger charge is -2.20. The zero-order chi connectivity index (χ0) is 13.4. The number of carbonyl (C=O) groups excluding carboxylic acids is 1. The SMILES string of the molecule is CCCCC(=O)Nc1ccc(N(CC)CC)cn1. The van der Waals surface area contributed by atoms with Gasteiger partial charge in [0.2, 0.25) is 5.91 Å². The normalized spacial score (nSPS) is 10.2. The van der Waals surface area contributed by atoms with Crippen LogP contribution in [0, 0.1) is 0 Å². The summed E-state index contributed by atoms with van der Waals surface area (Å²) in [5.74, 6) is 0.673. The first-order valence-electron chi connectivity index (χ1n) is 6.72. The average Bonchev–Trinajstić information content (AvgIpc) is 2.40. The van der Waals surface area contributed by atoms with Crippen molar-refractivity contribution >= 4 is 17.4 Å². The van der Waals surface area contributed by atoms with Gasteiger partial charge in [0.15, 0.2) is 0 Å². The van der Waals surface area contributed by atoms with E-state index in [9.17, 15) is 4.79 Å². The van der Waals surface area contributed by atoms with Crippen LogP contribution in [0.2, 0.25) is 0 Å². The molecule has 1 aromatic heterocycles. The van der Waals surface area contributed by atoms with E-state index < -0.39 is 0 Å². The van der Waals surface area contributed by atoms with Crippen LogP contribution >= 0.6 is 0 Å². The number of nitrogens with one attached hydrogen (secondary N) is 1. The summed E-state index contributed by atoms with van der Waals surface area (Å²) in [5.41, 5.74) is 1.09. The highest BCUT2D eigenvalue weighted by molar-refractivity contribution is 5.89. The van der Waals surface area contributed by atoms with Crippen molar-refractivity contribution in [2.45, 2.75) is 40.0 Å². The van der Waals surface area contributed by atoms with Gasteiger partial charge in [0.05, 0.1) is 11.9 Å². The van der Waals surface area contributed by atoms with Crippen LogP contribution in [0.25, 0.3) is 0 Å². The molecule has 4 heteroatoms. The van der Waals surface area contributed by atoms with Crippen molar-refractivity contribution in [3.8, 4) is 0 Å². The molecule has 4 nitrogen and oxygen atoms in total. The Morgan fingerprint density at radius 1 is 1.28 bits per heavy atom. The van der Waals surface area contributed by atoms with Crippen LogP contribution in [-0.2, 0) is 4.79 Å². The van der Waals surface area contributed by atoms with Gasteiger partial charge in [-0.1, -0.05) is 13.3 Å². The molecule has 0 aliphatic heterocycles. The number of unbranched alkanes of at least 4 members (excludes halogenated alkanes) is 1. The first kappa shape index (κ1) is 14.5. The zero-order valence-electron chi connectivity index (χ0n) is 11.6. The number of nitrogens with zero attached hydrogens (tertiary/aromatic N) is 2. The lowest BCUT2D eigenvalue weighted by molar-refractivity contribution is -0.116. The number of hydrogen-bond donors (Lipinski definition) is 1. The molecule has 0 spiro atoms. The molecular weight excluding hydrogens is 226 g/mol. The van der Waals surface area contributed by atoms with Gasteiger partial charge in [-0.25, -0.2) is 4.98 Å². The Balaban J connectivity index is 2.57. The minimum atomic E-state index is 0.0416. The summed E-state index contributed by atoms with van der Waals surface area (Å²) in [6, 6.07) is 3.85. The van der Waals surface area contributed by atoms with Gasteiger partial charge >= 0.3 is 0 Å². The molecule has 0 unspecified atom stereocenters. The molecule has 0 aliphatic rings. The van der Waals surface area contributed by atoms with Gasteiger partial charge in [-0.2, -0.15) is 0 Å². The second-order valence-electron chi connectivity index (χ2n) is 4.23. The number of amides is 1. The van der Waals surface area contributed by atoms with E-state index in [4.69, 9.17) is 0 Å². The molecule has 100 valence electrons. The molecule has 0 saturated heterocycles. The molecule has 1 N–H and O–H groups in total. The van der Waals surface area contributed by atoms with Crippen molar-refractivity contribution in [2.24, 2.45) is 0 Å². The molecule has 0 saturated carbocycles. The predicted molar refractivity (Wildman–Crippen MR) is 76.0 cm³/mol. The van der Waals surface area contributed by atoms with Gasteiger partial charge in [0, 0.05) is 19.5 Å². The van der Waals surface area contributed by atoms with Crippen LogP contribution in [-0.4, -0.2) is 24.0 Å². The van der Waals surface area contributed by atoms with Crippen molar-refractivity contribution in [1.82, 2.24) is 4.98 Å². The van der Waals surface area contributed by atoms with Crippen LogP contribution in [0.1, 0.15) is 40.0 Å². The van der Waals surface area contributed by atoms with Crippen LogP contribution in [0.15, 0.2) is 18.3 Å². The molecule has 1 aromatic rings. The minimum Gasteiger partial charge on any atom is -0.371 e. The number of anilines is 2. The molecule has 1 rings (SSSR count). The van der Waals surface area contributed by atoms with Gasteiger partial charge in [-0.05, 0) is 32.4 Å². The number of carbonyl (C=O) groups is 1. The Bertz CT molecular complexity index is 358. The van der Waals surface area contributed by atoms with E-state index >= 15 is 0 Å². The van der Waals surface area contributed by atoms with E-state index in [0.717, 1.165) is 31.6 Å². The minimum absolute atomic E-state index is 0.0416. The van der Waals surface area contributed by atoms with Crippen molar-refractivity contribution in [2.75, 3.05) is 23.3 Å². The molecule has 0 aromatic carbocycles. The monoisotopic (exact) mass is 249 g/mol. The Morgan fingerprint density at radius 2 is 2.00 bits per heavy atom. The Kier molecular flexibility index (Phi) is 6.19. The second-order valence-corrected chi connectivity index (χ2v) is 4.23. The van der Waals surface area contributed by atoms with Crippen molar-refractivity contribution in [3.63, 3.8) is 0 Å². The first-order chi connectivity index (χ1) is 8.71. The fraction of sp³-hybridized carbons (Fsp3) is 0.571. The summed E-state index contributed by atoms with van der Waals surface area (Å²) in [7, 11) is 0. The molecule has 0 fully saturated rings. The summed E-state index contributed by atoms with van der Waals surface area (Å²) < 4.78 is 0. The third-order valence-electron chi connectivity index (χ3n) is 2.90. The van der Waals surface area contributed by atoms with Crippen molar-refractivity contribution in [1.29, 1.82) is 0 Å². The van der Waals surface area contributed by atoms with Crippen molar-refractivity contribution in [3.05, 3.63) is 18.3 Å². The largest absolute Gasteiger partial charge is 0.371 e. The van der Waals surface area contributed by atoms with E-state index in [1.54, 1.807) is 0 Å². The Labute approximate surface area is 109 Å². The van der Waals surface area contributed by atoms with E-state index in [-0.39, 0.29) is 5.91 Å². The van der Waals surface area contributed by atoms with Crippen LogP contribution in [0.3, 0.4) is 0 Å². The topological polar surface area (TPSA) is 45.2 Å². The third kappa shape index (κ3) is 4.35. The zero-order valence-corrected chi connectivity index (χ0v) is 11.6. The number of aromatic nitrogens is 1. The number of rotatable bonds is 7. The lowest BCUT2D eigenvalue weighted by atomic mass is 10.2. The summed E-state index contributed by atoms with van der Waals surface area (Å²) in [4.78, 5) is 18.0. The smallest absolute Gasteiger partial charge is 0.225 e. The maximum Gasteiger partial charge on any atom is 0.225 e. The molecule has 0 radical (unpaired) electrons. The Hall–Kier alpha value is -1.58. The molecule has 0 bridgehead atoms. The maximum atomic E-state index is 11.5. The van der Waals surface area contributed by atoms with Crippen LogP contribution in [0.4, 0.5) is 11.5 Å². The third-order valence-corrected chi connectivity index (χ3v) is 2.90.